The third kappa shape index (κ3) is 3.66. The van der Waals surface area contributed by atoms with Crippen LogP contribution in [0.2, 0.25) is 0 Å². The third-order valence-electron chi connectivity index (χ3n) is 1.81. The second kappa shape index (κ2) is 7.24. The van der Waals surface area contributed by atoms with Crippen molar-refractivity contribution in [1.82, 2.24) is 0 Å². The average molecular weight is 175 g/mol. The van der Waals surface area contributed by atoms with Gasteiger partial charge in [0, 0.05) is 12.7 Å². The highest BCUT2D eigenvalue weighted by Crippen LogP contribution is 2.15. The van der Waals surface area contributed by atoms with Crippen LogP contribution >= 0.6 is 0 Å². The van der Waals surface area contributed by atoms with E-state index in [4.69, 9.17) is 0 Å². The van der Waals surface area contributed by atoms with Crippen LogP contribution in [0.1, 0.15) is 18.9 Å². The number of hydrogen-bond donors (Lipinski definition) is 1. The van der Waals surface area contributed by atoms with Crippen molar-refractivity contribution in [1.29, 1.82) is 0 Å². The first-order valence-corrected chi connectivity index (χ1v) is 4.47. The van der Waals surface area contributed by atoms with Crippen molar-refractivity contribution >= 4 is 5.69 Å². The topological polar surface area (TPSA) is 12.0 Å². The molecule has 1 nitrogen and oxygen atoms in total. The number of anilines is 1. The van der Waals surface area contributed by atoms with Gasteiger partial charge in [0.15, 0.2) is 0 Å². The molecule has 1 aromatic carbocycles. The van der Waals surface area contributed by atoms with Gasteiger partial charge in [0.25, 0.3) is 0 Å². The fraction of sp³-hybridized carbons (Fsp3) is 0.333. The van der Waals surface area contributed by atoms with E-state index in [1.165, 1.54) is 17.7 Å². The van der Waals surface area contributed by atoms with Crippen molar-refractivity contribution in [2.45, 2.75) is 19.8 Å². The van der Waals surface area contributed by atoms with Gasteiger partial charge in [-0.05, 0) is 18.1 Å². The number of para-hydroxylation sites is 1. The van der Waals surface area contributed by atoms with E-state index >= 15 is 0 Å². The lowest BCUT2D eigenvalue weighted by molar-refractivity contribution is 0.923. The smallest absolute Gasteiger partial charge is 0.0370 e. The molecule has 0 bridgehead atoms. The Kier molecular flexibility index (Phi) is 6.45. The molecule has 1 rings (SSSR count). The number of nitrogens with one attached hydrogen (secondary N) is 1. The molecule has 0 unspecified atom stereocenters. The summed E-state index contributed by atoms with van der Waals surface area (Å²) in [7, 11) is 1.97. The van der Waals surface area contributed by atoms with Crippen molar-refractivity contribution in [2.24, 2.45) is 0 Å². The predicted octanol–water partition coefficient (Wildman–Crippen LogP) is 2.93. The molecule has 0 fully saturated rings. The highest BCUT2D eigenvalue weighted by atomic mass is 14.8. The molecule has 0 aliphatic carbocycles. The maximum Gasteiger partial charge on any atom is 0.0370 e. The summed E-state index contributed by atoms with van der Waals surface area (Å²) in [5.74, 6) is 0. The van der Waals surface area contributed by atoms with E-state index in [9.17, 15) is 0 Å². The molecule has 0 saturated carbocycles. The minimum atomic E-state index is 1.16. The van der Waals surface area contributed by atoms with Crippen LogP contribution in [0, 0.1) is 12.8 Å². The van der Waals surface area contributed by atoms with Crippen LogP contribution in [0.4, 0.5) is 5.69 Å². The summed E-state index contributed by atoms with van der Waals surface area (Å²) in [5.41, 5.74) is 2.67. The molecule has 0 spiro atoms. The Morgan fingerprint density at radius 3 is 2.38 bits per heavy atom. The molecular weight excluding hydrogens is 158 g/mol. The third-order valence-corrected chi connectivity index (χ3v) is 1.81. The Hall–Kier alpha value is -1.42. The minimum Gasteiger partial charge on any atom is -0.388 e. The summed E-state index contributed by atoms with van der Waals surface area (Å²) in [4.78, 5) is 0. The van der Waals surface area contributed by atoms with Gasteiger partial charge in [-0.1, -0.05) is 31.5 Å². The number of benzene rings is 1. The monoisotopic (exact) mass is 175 g/mol. The zero-order valence-corrected chi connectivity index (χ0v) is 8.38. The SMILES string of the molecule is C#C.CCCc1ccccc1NC. The molecule has 70 valence electrons. The fourth-order valence-electron chi connectivity index (χ4n) is 1.25. The van der Waals surface area contributed by atoms with E-state index in [1.807, 2.05) is 7.05 Å². The van der Waals surface area contributed by atoms with Crippen molar-refractivity contribution < 1.29 is 0 Å². The summed E-state index contributed by atoms with van der Waals surface area (Å²) in [6, 6.07) is 8.44. The molecule has 13 heavy (non-hydrogen) atoms. The summed E-state index contributed by atoms with van der Waals surface area (Å²) < 4.78 is 0. The number of aryl methyl sites for hydroxylation is 1. The zero-order valence-electron chi connectivity index (χ0n) is 8.38. The molecule has 1 N–H and O–H groups in total. The molecule has 0 atom stereocenters. The van der Waals surface area contributed by atoms with Crippen molar-refractivity contribution in [3.8, 4) is 12.8 Å². The normalized spacial score (nSPS) is 8.31. The molecule has 0 aliphatic rings. The van der Waals surface area contributed by atoms with E-state index in [-0.39, 0.29) is 0 Å². The van der Waals surface area contributed by atoms with Gasteiger partial charge in [-0.3, -0.25) is 0 Å². The number of hydrogen-bond acceptors (Lipinski definition) is 1. The van der Waals surface area contributed by atoms with E-state index in [2.05, 4.69) is 49.4 Å². The summed E-state index contributed by atoms with van der Waals surface area (Å²) in [5, 5.41) is 3.18. The minimum absolute atomic E-state index is 1.16. The van der Waals surface area contributed by atoms with Gasteiger partial charge in [-0.2, -0.15) is 0 Å². The van der Waals surface area contributed by atoms with E-state index in [1.54, 1.807) is 0 Å². The Balaban J connectivity index is 0.000000671. The first-order chi connectivity index (χ1) is 6.38. The van der Waals surface area contributed by atoms with Gasteiger partial charge in [-0.15, -0.1) is 12.8 Å². The molecule has 0 radical (unpaired) electrons. The highest BCUT2D eigenvalue weighted by molar-refractivity contribution is 5.50. The summed E-state index contributed by atoms with van der Waals surface area (Å²) in [6.07, 6.45) is 10.4. The highest BCUT2D eigenvalue weighted by Gasteiger charge is 1.95. The fourth-order valence-corrected chi connectivity index (χ4v) is 1.25. The Bertz CT molecular complexity index is 250. The van der Waals surface area contributed by atoms with Crippen LogP contribution in [0.3, 0.4) is 0 Å². The molecule has 1 heteroatoms. The summed E-state index contributed by atoms with van der Waals surface area (Å²) >= 11 is 0. The number of terminal acetylenes is 1. The van der Waals surface area contributed by atoms with Crippen LogP contribution in [-0.4, -0.2) is 7.05 Å². The van der Waals surface area contributed by atoms with E-state index in [0.717, 1.165) is 6.42 Å². The maximum atomic E-state index is 4.00. The molecule has 0 heterocycles. The predicted molar refractivity (Wildman–Crippen MR) is 59.9 cm³/mol. The van der Waals surface area contributed by atoms with Crippen LogP contribution in [0.15, 0.2) is 24.3 Å². The molecule has 0 aliphatic heterocycles. The van der Waals surface area contributed by atoms with Gasteiger partial charge in [0.2, 0.25) is 0 Å². The van der Waals surface area contributed by atoms with Crippen LogP contribution in [0.5, 0.6) is 0 Å². The Morgan fingerprint density at radius 2 is 1.85 bits per heavy atom. The molecular formula is C12H17N. The van der Waals surface area contributed by atoms with Crippen LogP contribution in [0.25, 0.3) is 0 Å². The first-order valence-electron chi connectivity index (χ1n) is 4.47. The quantitative estimate of drug-likeness (QED) is 0.696. The Labute approximate surface area is 81.2 Å². The van der Waals surface area contributed by atoms with E-state index in [0.29, 0.717) is 0 Å². The van der Waals surface area contributed by atoms with Crippen LogP contribution < -0.4 is 5.32 Å². The van der Waals surface area contributed by atoms with E-state index < -0.39 is 0 Å². The maximum absolute atomic E-state index is 4.00. The Morgan fingerprint density at radius 1 is 1.23 bits per heavy atom. The molecule has 0 amide bonds. The molecule has 0 aromatic heterocycles. The number of rotatable bonds is 3. The standard InChI is InChI=1S/C10H15N.C2H2/c1-3-6-9-7-4-5-8-10(9)11-2;1-2/h4-5,7-8,11H,3,6H2,1-2H3;1-2H. The second-order valence-corrected chi connectivity index (χ2v) is 2.66. The van der Waals surface area contributed by atoms with Gasteiger partial charge >= 0.3 is 0 Å². The van der Waals surface area contributed by atoms with Crippen molar-refractivity contribution in [3.63, 3.8) is 0 Å². The second-order valence-electron chi connectivity index (χ2n) is 2.66. The lowest BCUT2D eigenvalue weighted by atomic mass is 10.1. The first kappa shape index (κ1) is 11.6. The lowest BCUT2D eigenvalue weighted by Crippen LogP contribution is -1.93. The van der Waals surface area contributed by atoms with Gasteiger partial charge in [0.05, 0.1) is 0 Å². The van der Waals surface area contributed by atoms with Crippen LogP contribution in [-0.2, 0) is 6.42 Å². The zero-order chi connectivity index (χ0) is 10.1. The average Bonchev–Trinajstić information content (AvgIpc) is 2.22. The van der Waals surface area contributed by atoms with Crippen molar-refractivity contribution in [3.05, 3.63) is 29.8 Å². The largest absolute Gasteiger partial charge is 0.388 e. The summed E-state index contributed by atoms with van der Waals surface area (Å²) in [6.45, 7) is 2.20. The molecule has 0 saturated heterocycles. The van der Waals surface area contributed by atoms with Gasteiger partial charge < -0.3 is 5.32 Å². The van der Waals surface area contributed by atoms with Gasteiger partial charge in [0.1, 0.15) is 0 Å². The van der Waals surface area contributed by atoms with Gasteiger partial charge in [-0.25, -0.2) is 0 Å². The molecule has 1 aromatic rings. The van der Waals surface area contributed by atoms with Crippen molar-refractivity contribution in [2.75, 3.05) is 12.4 Å². The lowest BCUT2D eigenvalue weighted by Gasteiger charge is -2.06.